The van der Waals surface area contributed by atoms with Gasteiger partial charge in [0.1, 0.15) is 0 Å². The van der Waals surface area contributed by atoms with Crippen molar-refractivity contribution >= 4 is 0 Å². The normalized spacial score (nSPS) is 10.9. The van der Waals surface area contributed by atoms with E-state index in [-0.39, 0.29) is 0 Å². The van der Waals surface area contributed by atoms with Crippen molar-refractivity contribution in [1.29, 1.82) is 0 Å². The third kappa shape index (κ3) is 4.19. The first-order valence-corrected chi connectivity index (χ1v) is 6.86. The molecule has 0 fully saturated rings. The van der Waals surface area contributed by atoms with Gasteiger partial charge in [-0.15, -0.1) is 0 Å². The maximum atomic E-state index is 5.69. The van der Waals surface area contributed by atoms with Crippen molar-refractivity contribution in [3.63, 3.8) is 0 Å². The molecule has 0 bridgehead atoms. The van der Waals surface area contributed by atoms with Gasteiger partial charge < -0.3 is 5.73 Å². The topological polar surface area (TPSA) is 29.3 Å². The van der Waals surface area contributed by atoms with Crippen LogP contribution in [0.1, 0.15) is 23.6 Å². The molecule has 0 saturated carbocycles. The molecule has 0 heterocycles. The fourth-order valence-corrected chi connectivity index (χ4v) is 2.23. The van der Waals surface area contributed by atoms with Crippen LogP contribution in [0, 0.1) is 0 Å². The van der Waals surface area contributed by atoms with Gasteiger partial charge in [-0.2, -0.15) is 0 Å². The van der Waals surface area contributed by atoms with Gasteiger partial charge >= 0.3 is 0 Å². The van der Waals surface area contributed by atoms with E-state index in [2.05, 4.69) is 66.4 Å². The molecular formula is C17H22N2. The zero-order chi connectivity index (χ0) is 13.5. The molecule has 2 rings (SSSR count). The molecule has 0 spiro atoms. The number of nitrogens with two attached hydrogens (primary N) is 1. The zero-order valence-corrected chi connectivity index (χ0v) is 11.5. The molecule has 100 valence electrons. The Morgan fingerprint density at radius 3 is 2.16 bits per heavy atom. The summed E-state index contributed by atoms with van der Waals surface area (Å²) >= 11 is 0. The van der Waals surface area contributed by atoms with E-state index in [0.29, 0.717) is 6.54 Å². The lowest BCUT2D eigenvalue weighted by Gasteiger charge is -2.21. The van der Waals surface area contributed by atoms with Crippen LogP contribution in [0.2, 0.25) is 0 Å². The maximum Gasteiger partial charge on any atom is 0.0237 e. The minimum atomic E-state index is 0.610. The largest absolute Gasteiger partial charge is 0.326 e. The Morgan fingerprint density at radius 2 is 1.47 bits per heavy atom. The molecule has 0 amide bonds. The van der Waals surface area contributed by atoms with Gasteiger partial charge in [-0.25, -0.2) is 0 Å². The average Bonchev–Trinajstić information content (AvgIpc) is 2.48. The summed E-state index contributed by atoms with van der Waals surface area (Å²) in [6.07, 6.45) is 0. The van der Waals surface area contributed by atoms with E-state index in [1.165, 1.54) is 16.7 Å². The lowest BCUT2D eigenvalue weighted by molar-refractivity contribution is 0.271. The Balaban J connectivity index is 2.02. The summed E-state index contributed by atoms with van der Waals surface area (Å²) in [5.74, 6) is 0. The molecule has 19 heavy (non-hydrogen) atoms. The van der Waals surface area contributed by atoms with Crippen LogP contribution in [0.4, 0.5) is 0 Å². The van der Waals surface area contributed by atoms with E-state index < -0.39 is 0 Å². The highest BCUT2D eigenvalue weighted by Gasteiger charge is 2.05. The SMILES string of the molecule is CCN(Cc1ccccc1)Cc1cccc(CN)c1. The number of benzene rings is 2. The second kappa shape index (κ2) is 7.07. The molecule has 2 heteroatoms. The minimum absolute atomic E-state index is 0.610. The van der Waals surface area contributed by atoms with Gasteiger partial charge in [-0.1, -0.05) is 61.5 Å². The van der Waals surface area contributed by atoms with Crippen LogP contribution in [0.25, 0.3) is 0 Å². The van der Waals surface area contributed by atoms with Gasteiger partial charge in [0, 0.05) is 19.6 Å². The van der Waals surface area contributed by atoms with Crippen molar-refractivity contribution in [2.45, 2.75) is 26.6 Å². The number of nitrogens with zero attached hydrogens (tertiary/aromatic N) is 1. The highest BCUT2D eigenvalue weighted by atomic mass is 15.1. The van der Waals surface area contributed by atoms with E-state index in [1.54, 1.807) is 0 Å². The highest BCUT2D eigenvalue weighted by molar-refractivity contribution is 5.23. The Hall–Kier alpha value is -1.64. The number of hydrogen-bond donors (Lipinski definition) is 1. The molecule has 0 saturated heterocycles. The van der Waals surface area contributed by atoms with Crippen LogP contribution in [-0.4, -0.2) is 11.4 Å². The standard InChI is InChI=1S/C17H22N2/c1-2-19(13-15-7-4-3-5-8-15)14-17-10-6-9-16(11-17)12-18/h3-11H,2,12-14,18H2,1H3. The summed E-state index contributed by atoms with van der Waals surface area (Å²) in [5.41, 5.74) is 9.59. The fourth-order valence-electron chi connectivity index (χ4n) is 2.23. The Morgan fingerprint density at radius 1 is 0.842 bits per heavy atom. The van der Waals surface area contributed by atoms with Crippen molar-refractivity contribution < 1.29 is 0 Å². The highest BCUT2D eigenvalue weighted by Crippen LogP contribution is 2.11. The second-order valence-electron chi connectivity index (χ2n) is 4.81. The lowest BCUT2D eigenvalue weighted by atomic mass is 10.1. The summed E-state index contributed by atoms with van der Waals surface area (Å²) in [5, 5.41) is 0. The van der Waals surface area contributed by atoms with E-state index in [0.717, 1.165) is 19.6 Å². The van der Waals surface area contributed by atoms with E-state index in [4.69, 9.17) is 5.73 Å². The van der Waals surface area contributed by atoms with Gasteiger partial charge in [-0.05, 0) is 23.2 Å². The molecule has 0 radical (unpaired) electrons. The van der Waals surface area contributed by atoms with Gasteiger partial charge in [0.05, 0.1) is 0 Å². The molecule has 2 nitrogen and oxygen atoms in total. The summed E-state index contributed by atoms with van der Waals surface area (Å²) in [6, 6.07) is 19.2. The zero-order valence-electron chi connectivity index (χ0n) is 11.5. The van der Waals surface area contributed by atoms with E-state index >= 15 is 0 Å². The van der Waals surface area contributed by atoms with Crippen LogP contribution in [0.3, 0.4) is 0 Å². The molecule has 2 N–H and O–H groups in total. The van der Waals surface area contributed by atoms with E-state index in [9.17, 15) is 0 Å². The average molecular weight is 254 g/mol. The first kappa shape index (κ1) is 13.8. The molecule has 2 aromatic carbocycles. The Kier molecular flexibility index (Phi) is 5.13. The van der Waals surface area contributed by atoms with Crippen LogP contribution in [0.5, 0.6) is 0 Å². The first-order valence-electron chi connectivity index (χ1n) is 6.86. The minimum Gasteiger partial charge on any atom is -0.326 e. The summed E-state index contributed by atoms with van der Waals surface area (Å²) in [4.78, 5) is 2.44. The fraction of sp³-hybridized carbons (Fsp3) is 0.294. The van der Waals surface area contributed by atoms with Crippen molar-refractivity contribution in [1.82, 2.24) is 4.90 Å². The molecule has 0 aliphatic rings. The van der Waals surface area contributed by atoms with Crippen molar-refractivity contribution in [2.24, 2.45) is 5.73 Å². The smallest absolute Gasteiger partial charge is 0.0237 e. The third-order valence-corrected chi connectivity index (χ3v) is 3.33. The summed E-state index contributed by atoms with van der Waals surface area (Å²) in [7, 11) is 0. The molecule has 0 unspecified atom stereocenters. The maximum absolute atomic E-state index is 5.69. The van der Waals surface area contributed by atoms with Crippen LogP contribution >= 0.6 is 0 Å². The van der Waals surface area contributed by atoms with Crippen LogP contribution in [0.15, 0.2) is 54.6 Å². The lowest BCUT2D eigenvalue weighted by Crippen LogP contribution is -2.22. The van der Waals surface area contributed by atoms with Gasteiger partial charge in [0.25, 0.3) is 0 Å². The molecular weight excluding hydrogens is 232 g/mol. The molecule has 0 aliphatic heterocycles. The second-order valence-corrected chi connectivity index (χ2v) is 4.81. The molecule has 2 aromatic rings. The third-order valence-electron chi connectivity index (χ3n) is 3.33. The number of rotatable bonds is 6. The Labute approximate surface area is 115 Å². The summed E-state index contributed by atoms with van der Waals surface area (Å²) < 4.78 is 0. The molecule has 0 aliphatic carbocycles. The van der Waals surface area contributed by atoms with Gasteiger partial charge in [0.15, 0.2) is 0 Å². The van der Waals surface area contributed by atoms with Crippen molar-refractivity contribution in [2.75, 3.05) is 6.54 Å². The van der Waals surface area contributed by atoms with Crippen LogP contribution in [-0.2, 0) is 19.6 Å². The molecule has 0 aromatic heterocycles. The monoisotopic (exact) mass is 254 g/mol. The first-order chi connectivity index (χ1) is 9.31. The van der Waals surface area contributed by atoms with Crippen molar-refractivity contribution in [3.8, 4) is 0 Å². The Bertz CT molecular complexity index is 494. The predicted molar refractivity (Wildman–Crippen MR) is 80.6 cm³/mol. The number of hydrogen-bond acceptors (Lipinski definition) is 2. The van der Waals surface area contributed by atoms with Gasteiger partial charge in [-0.3, -0.25) is 4.90 Å². The quantitative estimate of drug-likeness (QED) is 0.858. The van der Waals surface area contributed by atoms with Gasteiger partial charge in [0.2, 0.25) is 0 Å². The summed E-state index contributed by atoms with van der Waals surface area (Å²) in [6.45, 7) is 5.82. The van der Waals surface area contributed by atoms with E-state index in [1.807, 2.05) is 0 Å². The van der Waals surface area contributed by atoms with Crippen LogP contribution < -0.4 is 5.73 Å². The predicted octanol–water partition coefficient (Wildman–Crippen LogP) is 3.17. The van der Waals surface area contributed by atoms with Crippen molar-refractivity contribution in [3.05, 3.63) is 71.3 Å². The molecule has 0 atom stereocenters.